The van der Waals surface area contributed by atoms with Gasteiger partial charge in [0.15, 0.2) is 28.8 Å². The van der Waals surface area contributed by atoms with E-state index in [1.165, 1.54) is 43.6 Å². The number of para-hydroxylation sites is 2. The summed E-state index contributed by atoms with van der Waals surface area (Å²) >= 11 is 0. The van der Waals surface area contributed by atoms with Gasteiger partial charge in [-0.05, 0) is 56.8 Å². The molecule has 1 fully saturated rings. The maximum atomic E-state index is 15.4. The number of hydrogen-bond acceptors (Lipinski definition) is 10. The number of nitrogens with one attached hydrogen (secondary N) is 1. The first-order valence-corrected chi connectivity index (χ1v) is 16.8. The van der Waals surface area contributed by atoms with Gasteiger partial charge in [0.1, 0.15) is 11.4 Å². The van der Waals surface area contributed by atoms with E-state index in [1.54, 1.807) is 25.1 Å². The van der Waals surface area contributed by atoms with Crippen LogP contribution in [0.15, 0.2) is 71.7 Å². The minimum atomic E-state index is -5.03. The van der Waals surface area contributed by atoms with Crippen molar-refractivity contribution in [1.82, 2.24) is 29.1 Å². The lowest BCUT2D eigenvalue weighted by molar-refractivity contribution is -0.274. The first-order chi connectivity index (χ1) is 25.4. The average Bonchev–Trinajstić information content (AvgIpc) is 3.47. The summed E-state index contributed by atoms with van der Waals surface area (Å²) in [5, 5.41) is 7.00. The average molecular weight is 740 g/mol. The van der Waals surface area contributed by atoms with Crippen LogP contribution in [0.3, 0.4) is 0 Å². The highest BCUT2D eigenvalue weighted by Gasteiger charge is 2.33. The number of alkyl halides is 3. The Balaban J connectivity index is 1.15. The number of hydrogen-bond donors (Lipinski definition) is 1. The number of aromatic nitrogens is 4. The second-order valence-corrected chi connectivity index (χ2v) is 12.2. The van der Waals surface area contributed by atoms with Gasteiger partial charge in [0.05, 0.1) is 19.2 Å². The van der Waals surface area contributed by atoms with E-state index in [2.05, 4.69) is 37.0 Å². The fraction of sp³-hybridized carbons (Fsp3) is 0.333. The fourth-order valence-corrected chi connectivity index (χ4v) is 5.85. The molecule has 0 bridgehead atoms. The summed E-state index contributed by atoms with van der Waals surface area (Å²) in [4.78, 5) is 35.5. The highest BCUT2D eigenvalue weighted by atomic mass is 19.4. The van der Waals surface area contributed by atoms with Gasteiger partial charge in [-0.25, -0.2) is 9.18 Å². The van der Waals surface area contributed by atoms with Crippen molar-refractivity contribution in [3.63, 3.8) is 0 Å². The molecule has 1 aliphatic heterocycles. The molecular formula is C36H37F4N7O6. The molecule has 2 aromatic heterocycles. The minimum Gasteiger partial charge on any atom is -0.493 e. The van der Waals surface area contributed by atoms with Crippen LogP contribution in [0, 0.1) is 5.82 Å². The fourth-order valence-electron chi connectivity index (χ4n) is 5.85. The number of halogens is 4. The van der Waals surface area contributed by atoms with Crippen LogP contribution < -0.4 is 30.0 Å². The van der Waals surface area contributed by atoms with Crippen LogP contribution in [-0.2, 0) is 6.54 Å². The van der Waals surface area contributed by atoms with E-state index in [0.29, 0.717) is 33.7 Å². The molecule has 0 aliphatic carbocycles. The lowest BCUT2D eigenvalue weighted by Gasteiger charge is -2.32. The van der Waals surface area contributed by atoms with Crippen molar-refractivity contribution in [2.75, 3.05) is 58.8 Å². The van der Waals surface area contributed by atoms with Crippen molar-refractivity contribution in [2.45, 2.75) is 26.3 Å². The number of pyridine rings is 1. The Bertz CT molecular complexity index is 2150. The van der Waals surface area contributed by atoms with E-state index in [1.807, 2.05) is 0 Å². The molecule has 3 aromatic carbocycles. The van der Waals surface area contributed by atoms with Crippen molar-refractivity contribution in [3.05, 3.63) is 89.0 Å². The van der Waals surface area contributed by atoms with Crippen molar-refractivity contribution in [1.29, 1.82) is 0 Å². The van der Waals surface area contributed by atoms with Gasteiger partial charge in [-0.15, -0.1) is 18.3 Å². The van der Waals surface area contributed by atoms with E-state index in [4.69, 9.17) is 14.2 Å². The zero-order chi connectivity index (χ0) is 37.7. The summed E-state index contributed by atoms with van der Waals surface area (Å²) in [6.07, 6.45) is -2.67. The molecule has 0 atom stereocenters. The number of carbonyl (C=O) groups excluding carboxylic acids is 1. The Morgan fingerprint density at radius 2 is 1.72 bits per heavy atom. The lowest BCUT2D eigenvalue weighted by atomic mass is 10.1. The first kappa shape index (κ1) is 37.1. The van der Waals surface area contributed by atoms with E-state index in [-0.39, 0.29) is 29.4 Å². The van der Waals surface area contributed by atoms with Crippen LogP contribution >= 0.6 is 0 Å². The van der Waals surface area contributed by atoms with E-state index in [9.17, 15) is 22.8 Å². The van der Waals surface area contributed by atoms with Gasteiger partial charge in [-0.1, -0.05) is 12.1 Å². The SMILES string of the molecule is CCn1c(C(=O)Nc2ccc(Oc3ccnc4cc(OCCCN5CCN(C)CC5)c(OC)cc34)c(F)c2)nn(-c2ccccc2OC(F)(F)F)c1=O. The molecule has 1 N–H and O–H groups in total. The highest BCUT2D eigenvalue weighted by Crippen LogP contribution is 2.38. The monoisotopic (exact) mass is 739 g/mol. The summed E-state index contributed by atoms with van der Waals surface area (Å²) in [5.74, 6) is -1.73. The largest absolute Gasteiger partial charge is 0.573 e. The molecule has 5 aromatic rings. The molecule has 0 spiro atoms. The Morgan fingerprint density at radius 3 is 2.43 bits per heavy atom. The lowest BCUT2D eigenvalue weighted by Crippen LogP contribution is -2.44. The predicted molar refractivity (Wildman–Crippen MR) is 187 cm³/mol. The van der Waals surface area contributed by atoms with Gasteiger partial charge in [0.2, 0.25) is 5.82 Å². The van der Waals surface area contributed by atoms with Crippen LogP contribution in [0.1, 0.15) is 24.0 Å². The van der Waals surface area contributed by atoms with Gasteiger partial charge in [0.25, 0.3) is 5.91 Å². The summed E-state index contributed by atoms with van der Waals surface area (Å²) in [6, 6.07) is 13.6. The molecule has 0 radical (unpaired) electrons. The quantitative estimate of drug-likeness (QED) is 0.119. The Hall–Kier alpha value is -5.68. The molecular weight excluding hydrogens is 702 g/mol. The molecule has 17 heteroatoms. The van der Waals surface area contributed by atoms with Crippen molar-refractivity contribution in [3.8, 4) is 34.4 Å². The number of rotatable bonds is 13. The number of likely N-dealkylation sites (N-methyl/N-ethyl adjacent to an activating group) is 1. The molecule has 1 saturated heterocycles. The summed E-state index contributed by atoms with van der Waals surface area (Å²) in [5.41, 5.74) is -0.672. The second-order valence-electron chi connectivity index (χ2n) is 12.2. The van der Waals surface area contributed by atoms with Crippen LogP contribution in [-0.4, -0.2) is 94.9 Å². The van der Waals surface area contributed by atoms with Crippen LogP contribution in [0.4, 0.5) is 23.2 Å². The third-order valence-electron chi connectivity index (χ3n) is 8.57. The Kier molecular flexibility index (Phi) is 11.1. The third-order valence-corrected chi connectivity index (χ3v) is 8.57. The van der Waals surface area contributed by atoms with Gasteiger partial charge >= 0.3 is 12.1 Å². The maximum absolute atomic E-state index is 15.4. The van der Waals surface area contributed by atoms with Gasteiger partial charge < -0.3 is 34.1 Å². The Morgan fingerprint density at radius 1 is 0.943 bits per heavy atom. The summed E-state index contributed by atoms with van der Waals surface area (Å²) in [7, 11) is 3.64. The van der Waals surface area contributed by atoms with Crippen molar-refractivity contribution in [2.24, 2.45) is 0 Å². The second kappa shape index (κ2) is 15.9. The van der Waals surface area contributed by atoms with E-state index >= 15 is 4.39 Å². The van der Waals surface area contributed by atoms with E-state index < -0.39 is 35.4 Å². The highest BCUT2D eigenvalue weighted by molar-refractivity contribution is 6.01. The third kappa shape index (κ3) is 8.69. The number of piperazine rings is 1. The molecule has 13 nitrogen and oxygen atoms in total. The molecule has 0 unspecified atom stereocenters. The van der Waals surface area contributed by atoms with Crippen LogP contribution in [0.2, 0.25) is 0 Å². The normalized spacial score (nSPS) is 13.9. The molecule has 1 amide bonds. The maximum Gasteiger partial charge on any atom is 0.573 e. The van der Waals surface area contributed by atoms with Gasteiger partial charge in [0, 0.05) is 68.7 Å². The van der Waals surface area contributed by atoms with Crippen LogP contribution in [0.25, 0.3) is 16.6 Å². The zero-order valence-electron chi connectivity index (χ0n) is 29.2. The summed E-state index contributed by atoms with van der Waals surface area (Å²) in [6.45, 7) is 7.08. The molecule has 0 saturated carbocycles. The van der Waals surface area contributed by atoms with Crippen LogP contribution in [0.5, 0.6) is 28.7 Å². The molecule has 1 aliphatic rings. The molecule has 53 heavy (non-hydrogen) atoms. The number of amides is 1. The number of benzene rings is 3. The smallest absolute Gasteiger partial charge is 0.493 e. The number of methoxy groups -OCH3 is 1. The topological polar surface area (TPSA) is 125 Å². The first-order valence-electron chi connectivity index (χ1n) is 16.8. The molecule has 280 valence electrons. The van der Waals surface area contributed by atoms with Crippen molar-refractivity contribution < 1.29 is 41.3 Å². The Labute approximate surface area is 301 Å². The van der Waals surface area contributed by atoms with Gasteiger partial charge in [-0.2, -0.15) is 4.68 Å². The van der Waals surface area contributed by atoms with E-state index in [0.717, 1.165) is 55.8 Å². The number of carbonyl (C=O) groups is 1. The molecule has 6 rings (SSSR count). The number of anilines is 1. The number of ether oxygens (including phenoxy) is 4. The van der Waals surface area contributed by atoms with Crippen molar-refractivity contribution >= 4 is 22.5 Å². The standard InChI is InChI=1S/C36H37F4N7O6/c1-4-46-33(43-47(35(46)49)27-8-5-6-9-30(27)53-36(38,39)40)34(48)42-23-10-11-29(25(37)20-23)52-28-12-13-41-26-22-32(31(50-3)21-24(26)28)51-19-7-14-45-17-15-44(2)16-18-45/h5-6,8-13,20-22H,4,7,14-19H2,1-3H3,(H,42,48). The molecule has 3 heterocycles. The predicted octanol–water partition coefficient (Wildman–Crippen LogP) is 5.71. The number of fused-ring (bicyclic) bond motifs is 1. The minimum absolute atomic E-state index is 0.000904. The summed E-state index contributed by atoms with van der Waals surface area (Å²) < 4.78 is 77.7. The van der Waals surface area contributed by atoms with Gasteiger partial charge in [-0.3, -0.25) is 14.3 Å². The number of nitrogens with zero attached hydrogens (tertiary/aromatic N) is 6. The zero-order valence-corrected chi connectivity index (χ0v) is 29.2.